The molecule has 0 amide bonds. The van der Waals surface area contributed by atoms with Crippen LogP contribution in [0.25, 0.3) is 6.08 Å². The second kappa shape index (κ2) is 7.20. The van der Waals surface area contributed by atoms with Gasteiger partial charge in [0, 0.05) is 17.7 Å². The van der Waals surface area contributed by atoms with Gasteiger partial charge in [0.15, 0.2) is 5.12 Å². The van der Waals surface area contributed by atoms with Crippen LogP contribution < -0.4 is 0 Å². The van der Waals surface area contributed by atoms with Crippen LogP contribution in [0.15, 0.2) is 23.7 Å². The lowest BCUT2D eigenvalue weighted by Gasteiger charge is -2.32. The Hall–Kier alpha value is -0.815. The second-order valence-electron chi connectivity index (χ2n) is 6.75. The van der Waals surface area contributed by atoms with Crippen molar-refractivity contribution in [2.75, 3.05) is 5.75 Å². The van der Waals surface area contributed by atoms with Gasteiger partial charge < -0.3 is 9.31 Å². The molecule has 0 unspecified atom stereocenters. The summed E-state index contributed by atoms with van der Waals surface area (Å²) in [5, 5.41) is 0.418. The predicted molar refractivity (Wildman–Crippen MR) is 98.6 cm³/mol. The molecule has 3 nitrogen and oxygen atoms in total. The van der Waals surface area contributed by atoms with Gasteiger partial charge in [0.25, 0.3) is 0 Å². The Kier molecular flexibility index (Phi) is 5.85. The highest BCUT2D eigenvalue weighted by molar-refractivity contribution is 8.13. The summed E-state index contributed by atoms with van der Waals surface area (Å²) in [7, 11) is -0.610. The number of benzene rings is 1. The maximum atomic E-state index is 13.5. The standard InChI is InChI=1S/C17H21BClFO3S/c1-11(21)24-10-13(8-12-9-14(20)6-7-15(12)19)18-22-16(2,3)17(4,5)23-18/h6-9H,10H2,1-5H3. The van der Waals surface area contributed by atoms with E-state index in [4.69, 9.17) is 20.9 Å². The van der Waals surface area contributed by atoms with Crippen LogP contribution in [-0.2, 0) is 14.1 Å². The van der Waals surface area contributed by atoms with E-state index in [9.17, 15) is 9.18 Å². The van der Waals surface area contributed by atoms with Crippen molar-refractivity contribution in [1.29, 1.82) is 0 Å². The molecule has 0 spiro atoms. The van der Waals surface area contributed by atoms with Gasteiger partial charge in [-0.15, -0.1) is 0 Å². The van der Waals surface area contributed by atoms with Gasteiger partial charge >= 0.3 is 7.12 Å². The normalized spacial score (nSPS) is 19.6. The lowest BCUT2D eigenvalue weighted by Crippen LogP contribution is -2.41. The van der Waals surface area contributed by atoms with Gasteiger partial charge in [-0.25, -0.2) is 4.39 Å². The molecule has 1 aromatic rings. The third-order valence-electron chi connectivity index (χ3n) is 4.30. The summed E-state index contributed by atoms with van der Waals surface area (Å²) in [5.41, 5.74) is 0.277. The van der Waals surface area contributed by atoms with Gasteiger partial charge in [-0.2, -0.15) is 0 Å². The minimum atomic E-state index is -0.610. The van der Waals surface area contributed by atoms with E-state index in [1.165, 1.54) is 25.1 Å². The van der Waals surface area contributed by atoms with Crippen LogP contribution in [0.3, 0.4) is 0 Å². The summed E-state index contributed by atoms with van der Waals surface area (Å²) in [6, 6.07) is 4.16. The van der Waals surface area contributed by atoms with Crippen molar-refractivity contribution in [3.63, 3.8) is 0 Å². The molecule has 130 valence electrons. The maximum Gasteiger partial charge on any atom is 0.491 e. The molecule has 7 heteroatoms. The number of hydrogen-bond donors (Lipinski definition) is 0. The molecule has 0 saturated carbocycles. The lowest BCUT2D eigenvalue weighted by molar-refractivity contribution is -0.109. The van der Waals surface area contributed by atoms with Gasteiger partial charge in [-0.1, -0.05) is 29.4 Å². The van der Waals surface area contributed by atoms with Crippen molar-refractivity contribution in [3.8, 4) is 0 Å². The second-order valence-corrected chi connectivity index (χ2v) is 8.31. The first kappa shape index (κ1) is 19.5. The number of hydrogen-bond acceptors (Lipinski definition) is 4. The van der Waals surface area contributed by atoms with E-state index in [1.807, 2.05) is 27.7 Å². The molecule has 1 aromatic carbocycles. The molecule has 1 fully saturated rings. The third kappa shape index (κ3) is 4.42. The number of thioether (sulfide) groups is 1. The Morgan fingerprint density at radius 1 is 1.29 bits per heavy atom. The van der Waals surface area contributed by atoms with Crippen molar-refractivity contribution in [3.05, 3.63) is 40.1 Å². The van der Waals surface area contributed by atoms with Gasteiger partial charge in [-0.05, 0) is 56.9 Å². The number of carbonyl (C=O) groups excluding carboxylic acids is 1. The quantitative estimate of drug-likeness (QED) is 0.715. The van der Waals surface area contributed by atoms with Crippen molar-refractivity contribution >= 4 is 41.7 Å². The average molecular weight is 371 g/mol. The fourth-order valence-electron chi connectivity index (χ4n) is 2.18. The minimum Gasteiger partial charge on any atom is -0.400 e. The Labute approximate surface area is 152 Å². The predicted octanol–water partition coefficient (Wildman–Crippen LogP) is 4.77. The van der Waals surface area contributed by atoms with E-state index in [-0.39, 0.29) is 10.9 Å². The van der Waals surface area contributed by atoms with E-state index in [0.29, 0.717) is 16.3 Å². The smallest absolute Gasteiger partial charge is 0.400 e. The fourth-order valence-corrected chi connectivity index (χ4v) is 2.94. The summed E-state index contributed by atoms with van der Waals surface area (Å²) in [6.45, 7) is 9.33. The van der Waals surface area contributed by atoms with Crippen LogP contribution in [0, 0.1) is 5.82 Å². The van der Waals surface area contributed by atoms with Crippen molar-refractivity contribution in [2.24, 2.45) is 0 Å². The molecule has 0 bridgehead atoms. The van der Waals surface area contributed by atoms with Crippen molar-refractivity contribution in [2.45, 2.75) is 45.8 Å². The molecule has 0 atom stereocenters. The Bertz CT molecular complexity index is 660. The van der Waals surface area contributed by atoms with Gasteiger partial charge in [0.1, 0.15) is 5.82 Å². The highest BCUT2D eigenvalue weighted by Crippen LogP contribution is 2.39. The first-order valence-corrected chi connectivity index (χ1v) is 9.03. The van der Waals surface area contributed by atoms with Crippen LogP contribution in [0.1, 0.15) is 40.2 Å². The summed E-state index contributed by atoms with van der Waals surface area (Å²) in [6.07, 6.45) is 1.74. The van der Waals surface area contributed by atoms with E-state index in [0.717, 1.165) is 17.2 Å². The zero-order valence-corrected chi connectivity index (χ0v) is 16.1. The van der Waals surface area contributed by atoms with Crippen LogP contribution in [-0.4, -0.2) is 29.2 Å². The number of carbonyl (C=O) groups is 1. The van der Waals surface area contributed by atoms with Crippen molar-refractivity contribution in [1.82, 2.24) is 0 Å². The first-order chi connectivity index (χ1) is 11.0. The molecule has 0 aromatic heterocycles. The average Bonchev–Trinajstić information content (AvgIpc) is 2.66. The van der Waals surface area contributed by atoms with Gasteiger partial charge in [0.2, 0.25) is 0 Å². The molecule has 1 heterocycles. The Morgan fingerprint density at radius 3 is 2.42 bits per heavy atom. The van der Waals surface area contributed by atoms with Crippen LogP contribution >= 0.6 is 23.4 Å². The third-order valence-corrected chi connectivity index (χ3v) is 5.53. The largest absolute Gasteiger partial charge is 0.491 e. The molecule has 1 saturated heterocycles. The summed E-state index contributed by atoms with van der Waals surface area (Å²) in [4.78, 5) is 11.4. The van der Waals surface area contributed by atoms with Crippen LogP contribution in [0.4, 0.5) is 4.39 Å². The molecule has 24 heavy (non-hydrogen) atoms. The number of halogens is 2. The molecular weight excluding hydrogens is 350 g/mol. The van der Waals surface area contributed by atoms with Crippen molar-refractivity contribution < 1.29 is 18.5 Å². The highest BCUT2D eigenvalue weighted by atomic mass is 35.5. The van der Waals surface area contributed by atoms with E-state index in [2.05, 4.69) is 0 Å². The zero-order chi connectivity index (χ0) is 18.1. The first-order valence-electron chi connectivity index (χ1n) is 7.66. The molecular formula is C17H21BClFO3S. The topological polar surface area (TPSA) is 35.5 Å². The summed E-state index contributed by atoms with van der Waals surface area (Å²) < 4.78 is 25.6. The molecule has 2 rings (SSSR count). The zero-order valence-electron chi connectivity index (χ0n) is 14.5. The molecule has 1 aliphatic heterocycles. The lowest BCUT2D eigenvalue weighted by atomic mass is 9.78. The maximum absolute atomic E-state index is 13.5. The van der Waals surface area contributed by atoms with Gasteiger partial charge in [0.05, 0.1) is 11.2 Å². The fraction of sp³-hybridized carbons (Fsp3) is 0.471. The van der Waals surface area contributed by atoms with E-state index in [1.54, 1.807) is 6.08 Å². The molecule has 0 aliphatic carbocycles. The van der Waals surface area contributed by atoms with Gasteiger partial charge in [-0.3, -0.25) is 4.79 Å². The van der Waals surface area contributed by atoms with E-state index < -0.39 is 18.3 Å². The van der Waals surface area contributed by atoms with E-state index >= 15 is 0 Å². The number of rotatable bonds is 4. The van der Waals surface area contributed by atoms with Crippen LogP contribution in [0.2, 0.25) is 5.02 Å². The Balaban J connectivity index is 2.37. The summed E-state index contributed by atoms with van der Waals surface area (Å²) >= 11 is 7.31. The molecule has 1 aliphatic rings. The SMILES string of the molecule is CC(=O)SCC(=Cc1cc(F)ccc1Cl)B1OC(C)(C)C(C)(C)O1. The monoisotopic (exact) mass is 370 g/mol. The highest BCUT2D eigenvalue weighted by Gasteiger charge is 2.52. The Morgan fingerprint density at radius 2 is 1.88 bits per heavy atom. The molecule has 0 radical (unpaired) electrons. The van der Waals surface area contributed by atoms with Crippen LogP contribution in [0.5, 0.6) is 0 Å². The summed E-state index contributed by atoms with van der Waals surface area (Å²) in [5.74, 6) is 0.0112. The molecule has 0 N–H and O–H groups in total. The minimum absolute atomic E-state index is 0.0113.